The first-order valence-electron chi connectivity index (χ1n) is 11.9. The zero-order chi connectivity index (χ0) is 24.9. The van der Waals surface area contributed by atoms with Crippen LogP contribution in [0, 0.1) is 37.0 Å². The number of rotatable bonds is 1. The Morgan fingerprint density at radius 1 is 0.943 bits per heavy atom. The Hall–Kier alpha value is -3.99. The number of hydrogen-bond acceptors (Lipinski definition) is 3. The van der Waals surface area contributed by atoms with E-state index in [-0.39, 0.29) is 5.92 Å². The first kappa shape index (κ1) is 22.8. The number of nitrogens with zero attached hydrogens (tertiary/aromatic N) is 1. The molecule has 4 aromatic rings. The number of anilines is 1. The van der Waals surface area contributed by atoms with Gasteiger partial charge in [-0.2, -0.15) is 5.26 Å². The zero-order valence-corrected chi connectivity index (χ0v) is 20.7. The molecular formula is C31H29N3O. The van der Waals surface area contributed by atoms with E-state index in [9.17, 15) is 10.4 Å². The first-order valence-corrected chi connectivity index (χ1v) is 11.9. The monoisotopic (exact) mass is 459 g/mol. The average Bonchev–Trinajstić information content (AvgIpc) is 3.23. The first-order chi connectivity index (χ1) is 16.7. The van der Waals surface area contributed by atoms with Gasteiger partial charge in [0.1, 0.15) is 0 Å². The van der Waals surface area contributed by atoms with Crippen molar-refractivity contribution in [1.82, 2.24) is 4.98 Å². The summed E-state index contributed by atoms with van der Waals surface area (Å²) in [5.74, 6) is 6.65. The standard InChI is InChI=1S/C31H29N3O/c1-18-14-26(25-11-7-10-23-19(2)17-33-29(23)25)24(13-12-21-8-6-9-22(15-21)16-32)27-20(3)30(35)31(4,5)34-28(18)27/h6-11,14-15,17,20,30,33-35H,1-5H3/t20-,30?/m0/s1. The number of aromatic nitrogens is 1. The number of fused-ring (bicyclic) bond motifs is 2. The van der Waals surface area contributed by atoms with E-state index in [1.54, 1.807) is 6.07 Å². The molecule has 0 saturated carbocycles. The van der Waals surface area contributed by atoms with Gasteiger partial charge in [-0.3, -0.25) is 0 Å². The highest BCUT2D eigenvalue weighted by molar-refractivity contribution is 5.98. The molecule has 1 aromatic heterocycles. The van der Waals surface area contributed by atoms with Crippen molar-refractivity contribution in [3.05, 3.63) is 88.1 Å². The van der Waals surface area contributed by atoms with E-state index in [0.29, 0.717) is 5.56 Å². The molecule has 1 unspecified atom stereocenters. The molecular weight excluding hydrogens is 430 g/mol. The Bertz CT molecular complexity index is 1570. The molecule has 1 aliphatic rings. The number of aliphatic hydroxyl groups excluding tert-OH is 1. The number of nitriles is 1. The molecule has 0 bridgehead atoms. The number of hydrogen-bond donors (Lipinski definition) is 3. The molecule has 2 atom stereocenters. The molecule has 5 rings (SSSR count). The third-order valence-corrected chi connectivity index (χ3v) is 7.21. The fourth-order valence-electron chi connectivity index (χ4n) is 5.31. The summed E-state index contributed by atoms with van der Waals surface area (Å²) >= 11 is 0. The van der Waals surface area contributed by atoms with Crippen LogP contribution in [0.2, 0.25) is 0 Å². The summed E-state index contributed by atoms with van der Waals surface area (Å²) in [4.78, 5) is 3.45. The van der Waals surface area contributed by atoms with Crippen LogP contribution in [-0.4, -0.2) is 21.7 Å². The minimum Gasteiger partial charge on any atom is -0.390 e. The molecule has 0 fully saturated rings. The highest BCUT2D eigenvalue weighted by Crippen LogP contribution is 2.46. The molecule has 1 aliphatic heterocycles. The molecule has 174 valence electrons. The van der Waals surface area contributed by atoms with Crippen LogP contribution < -0.4 is 5.32 Å². The fraction of sp³-hybridized carbons (Fsp3) is 0.258. The third-order valence-electron chi connectivity index (χ3n) is 7.21. The number of nitrogens with one attached hydrogen (secondary N) is 2. The minimum absolute atomic E-state index is 0.112. The van der Waals surface area contributed by atoms with Crippen LogP contribution in [0.1, 0.15) is 60.1 Å². The summed E-state index contributed by atoms with van der Waals surface area (Å²) < 4.78 is 0. The lowest BCUT2D eigenvalue weighted by atomic mass is 9.75. The molecule has 0 radical (unpaired) electrons. The van der Waals surface area contributed by atoms with E-state index in [4.69, 9.17) is 0 Å². The summed E-state index contributed by atoms with van der Waals surface area (Å²) in [6.07, 6.45) is 1.46. The average molecular weight is 460 g/mol. The molecule has 0 saturated heterocycles. The Labute approximate surface area is 206 Å². The second kappa shape index (κ2) is 8.35. The van der Waals surface area contributed by atoms with Gasteiger partial charge in [0.2, 0.25) is 0 Å². The molecule has 0 aliphatic carbocycles. The van der Waals surface area contributed by atoms with Crippen molar-refractivity contribution in [2.75, 3.05) is 5.32 Å². The van der Waals surface area contributed by atoms with E-state index in [2.05, 4.69) is 73.2 Å². The molecule has 0 amide bonds. The van der Waals surface area contributed by atoms with Crippen LogP contribution in [0.4, 0.5) is 5.69 Å². The van der Waals surface area contributed by atoms with Gasteiger partial charge in [-0.05, 0) is 68.7 Å². The van der Waals surface area contributed by atoms with Crippen LogP contribution in [0.15, 0.2) is 54.7 Å². The van der Waals surface area contributed by atoms with Crippen molar-refractivity contribution < 1.29 is 5.11 Å². The number of aryl methyl sites for hydroxylation is 2. The van der Waals surface area contributed by atoms with Crippen LogP contribution >= 0.6 is 0 Å². The van der Waals surface area contributed by atoms with Gasteiger partial charge >= 0.3 is 0 Å². The normalized spacial score (nSPS) is 18.2. The van der Waals surface area contributed by atoms with Gasteiger partial charge in [0.15, 0.2) is 0 Å². The molecule has 4 nitrogen and oxygen atoms in total. The van der Waals surface area contributed by atoms with Gasteiger partial charge in [-0.25, -0.2) is 0 Å². The van der Waals surface area contributed by atoms with Crippen LogP contribution in [-0.2, 0) is 0 Å². The Balaban J connectivity index is 1.82. The predicted molar refractivity (Wildman–Crippen MR) is 142 cm³/mol. The summed E-state index contributed by atoms with van der Waals surface area (Å²) in [6.45, 7) is 10.4. The van der Waals surface area contributed by atoms with Crippen molar-refractivity contribution in [3.8, 4) is 29.0 Å². The maximum atomic E-state index is 11.2. The predicted octanol–water partition coefficient (Wildman–Crippen LogP) is 6.39. The van der Waals surface area contributed by atoms with Crippen LogP contribution in [0.5, 0.6) is 0 Å². The SMILES string of the molecule is Cc1cc(-c2cccc3c(C)c[nH]c23)c(C#Cc2cccc(C#N)c2)c2c1NC(C)(C)C(O)[C@H]2C. The Kier molecular flexibility index (Phi) is 5.43. The van der Waals surface area contributed by atoms with E-state index in [1.165, 1.54) is 10.9 Å². The summed E-state index contributed by atoms with van der Waals surface area (Å²) in [7, 11) is 0. The highest BCUT2D eigenvalue weighted by atomic mass is 16.3. The number of aliphatic hydroxyl groups is 1. The summed E-state index contributed by atoms with van der Waals surface area (Å²) in [6, 6.07) is 18.1. The van der Waals surface area contributed by atoms with E-state index in [0.717, 1.165) is 44.6 Å². The second-order valence-corrected chi connectivity index (χ2v) is 10.1. The number of aromatic amines is 1. The molecule has 0 spiro atoms. The maximum absolute atomic E-state index is 11.2. The molecule has 3 aromatic carbocycles. The lowest BCUT2D eigenvalue weighted by Crippen LogP contribution is -2.50. The van der Waals surface area contributed by atoms with Crippen molar-refractivity contribution in [3.63, 3.8) is 0 Å². The van der Waals surface area contributed by atoms with Gasteiger partial charge in [0.05, 0.1) is 28.8 Å². The van der Waals surface area contributed by atoms with E-state index >= 15 is 0 Å². The van der Waals surface area contributed by atoms with Crippen molar-refractivity contribution in [1.29, 1.82) is 5.26 Å². The van der Waals surface area contributed by atoms with Crippen molar-refractivity contribution in [2.24, 2.45) is 0 Å². The van der Waals surface area contributed by atoms with Crippen molar-refractivity contribution in [2.45, 2.75) is 52.2 Å². The van der Waals surface area contributed by atoms with Gasteiger partial charge in [-0.15, -0.1) is 0 Å². The quantitative estimate of drug-likeness (QED) is 0.289. The summed E-state index contributed by atoms with van der Waals surface area (Å²) in [5, 5.41) is 25.3. The zero-order valence-electron chi connectivity index (χ0n) is 20.7. The smallest absolute Gasteiger partial charge is 0.0992 e. The number of H-pyrrole nitrogens is 1. The number of para-hydroxylation sites is 1. The number of benzene rings is 3. The molecule has 3 N–H and O–H groups in total. The van der Waals surface area contributed by atoms with Gasteiger partial charge in [-0.1, -0.05) is 43.0 Å². The van der Waals surface area contributed by atoms with Crippen molar-refractivity contribution >= 4 is 16.6 Å². The molecule has 35 heavy (non-hydrogen) atoms. The lowest BCUT2D eigenvalue weighted by molar-refractivity contribution is 0.0868. The lowest BCUT2D eigenvalue weighted by Gasteiger charge is -2.43. The minimum atomic E-state index is -0.573. The summed E-state index contributed by atoms with van der Waals surface area (Å²) in [5.41, 5.74) is 9.43. The largest absolute Gasteiger partial charge is 0.390 e. The van der Waals surface area contributed by atoms with E-state index < -0.39 is 11.6 Å². The third kappa shape index (κ3) is 3.77. The topological polar surface area (TPSA) is 71.8 Å². The van der Waals surface area contributed by atoms with Gasteiger partial charge < -0.3 is 15.4 Å². The molecule has 2 heterocycles. The van der Waals surface area contributed by atoms with E-state index in [1.807, 2.05) is 38.2 Å². The fourth-order valence-corrected chi connectivity index (χ4v) is 5.31. The van der Waals surface area contributed by atoms with Gasteiger partial charge in [0, 0.05) is 45.4 Å². The second-order valence-electron chi connectivity index (χ2n) is 10.1. The Morgan fingerprint density at radius 3 is 2.46 bits per heavy atom. The molecule has 4 heteroatoms. The Morgan fingerprint density at radius 2 is 1.69 bits per heavy atom. The van der Waals surface area contributed by atoms with Crippen LogP contribution in [0.3, 0.4) is 0 Å². The van der Waals surface area contributed by atoms with Gasteiger partial charge in [0.25, 0.3) is 0 Å². The highest BCUT2D eigenvalue weighted by Gasteiger charge is 2.40. The maximum Gasteiger partial charge on any atom is 0.0992 e. The van der Waals surface area contributed by atoms with Crippen LogP contribution in [0.25, 0.3) is 22.0 Å².